The molecule has 1 aliphatic rings. The van der Waals surface area contributed by atoms with Crippen LogP contribution < -0.4 is 10.1 Å². The lowest BCUT2D eigenvalue weighted by Gasteiger charge is -2.26. The molecule has 3 rings (SSSR count). The van der Waals surface area contributed by atoms with Gasteiger partial charge in [0.2, 0.25) is 10.0 Å². The fraction of sp³-hybridized carbons (Fsp3) is 0.300. The number of rotatable bonds is 6. The van der Waals surface area contributed by atoms with Gasteiger partial charge in [-0.15, -0.1) is 0 Å². The molecule has 1 heterocycles. The molecule has 7 nitrogen and oxygen atoms in total. The number of piperidine rings is 1. The van der Waals surface area contributed by atoms with Crippen LogP contribution in [0.1, 0.15) is 24.8 Å². The van der Waals surface area contributed by atoms with Crippen LogP contribution in [0.5, 0.6) is 5.75 Å². The van der Waals surface area contributed by atoms with Crippen LogP contribution in [0.25, 0.3) is 0 Å². The summed E-state index contributed by atoms with van der Waals surface area (Å²) < 4.78 is 32.6. The zero-order valence-electron chi connectivity index (χ0n) is 15.9. The predicted octanol–water partition coefficient (Wildman–Crippen LogP) is 4.06. The molecule has 0 aromatic heterocycles. The van der Waals surface area contributed by atoms with E-state index in [9.17, 15) is 13.2 Å². The van der Waals surface area contributed by atoms with Gasteiger partial charge >= 0.3 is 0 Å². The number of anilines is 1. The van der Waals surface area contributed by atoms with E-state index >= 15 is 0 Å². The van der Waals surface area contributed by atoms with E-state index in [4.69, 9.17) is 33.2 Å². The summed E-state index contributed by atoms with van der Waals surface area (Å²) in [5.74, 6) is -0.241. The summed E-state index contributed by atoms with van der Waals surface area (Å²) in [4.78, 5) is 12.2. The molecule has 10 heteroatoms. The topological polar surface area (TPSA) is 99.5 Å². The fourth-order valence-electron chi connectivity index (χ4n) is 3.05. The molecule has 0 radical (unpaired) electrons. The molecule has 1 amide bonds. The third-order valence-corrected chi connectivity index (χ3v) is 7.24. The summed E-state index contributed by atoms with van der Waals surface area (Å²) in [6.07, 6.45) is 2.62. The van der Waals surface area contributed by atoms with Gasteiger partial charge in [0.25, 0.3) is 5.91 Å². The zero-order chi connectivity index (χ0) is 21.7. The van der Waals surface area contributed by atoms with Crippen molar-refractivity contribution < 1.29 is 17.9 Å². The summed E-state index contributed by atoms with van der Waals surface area (Å²) in [5.41, 5.74) is 0.662. The Morgan fingerprint density at radius 1 is 1.10 bits per heavy atom. The van der Waals surface area contributed by atoms with Crippen LogP contribution in [0.4, 0.5) is 5.69 Å². The zero-order valence-corrected chi connectivity index (χ0v) is 18.2. The molecule has 2 aromatic carbocycles. The van der Waals surface area contributed by atoms with Crippen molar-refractivity contribution in [2.75, 3.05) is 25.0 Å². The Labute approximate surface area is 185 Å². The number of halogens is 2. The minimum absolute atomic E-state index is 0.0417. The SMILES string of the molecule is N#Cc1ccc(OCC(=O)Nc2ccc(Cl)c(S(=O)(=O)N3CCCCC3)c2)c(Cl)c1. The molecule has 158 valence electrons. The number of benzene rings is 2. The monoisotopic (exact) mass is 467 g/mol. The smallest absolute Gasteiger partial charge is 0.262 e. The standard InChI is InChI=1S/C20H19Cl2N3O4S/c21-16-6-5-15(11-19(16)30(27,28)25-8-2-1-3-9-25)24-20(26)13-29-18-7-4-14(12-23)10-17(18)22/h4-7,10-11H,1-3,8-9,13H2,(H,24,26). The van der Waals surface area contributed by atoms with Crippen LogP contribution in [0.15, 0.2) is 41.3 Å². The largest absolute Gasteiger partial charge is 0.482 e. The number of nitrogens with zero attached hydrogens (tertiary/aromatic N) is 2. The lowest BCUT2D eigenvalue weighted by molar-refractivity contribution is -0.118. The quantitative estimate of drug-likeness (QED) is 0.690. The van der Waals surface area contributed by atoms with E-state index < -0.39 is 15.9 Å². The van der Waals surface area contributed by atoms with Crippen LogP contribution in [0, 0.1) is 11.3 Å². The molecule has 0 bridgehead atoms. The summed E-state index contributed by atoms with van der Waals surface area (Å²) in [7, 11) is -3.74. The van der Waals surface area contributed by atoms with Gasteiger partial charge in [-0.3, -0.25) is 4.79 Å². The van der Waals surface area contributed by atoms with Crippen molar-refractivity contribution in [3.63, 3.8) is 0 Å². The third-order valence-electron chi connectivity index (χ3n) is 4.57. The molecule has 0 spiro atoms. The van der Waals surface area contributed by atoms with E-state index in [0.29, 0.717) is 18.7 Å². The second-order valence-electron chi connectivity index (χ2n) is 6.70. The fourth-order valence-corrected chi connectivity index (χ4v) is 5.30. The number of carbonyl (C=O) groups excluding carboxylic acids is 1. The van der Waals surface area contributed by atoms with Crippen LogP contribution in [0.2, 0.25) is 10.0 Å². The number of sulfonamides is 1. The van der Waals surface area contributed by atoms with Crippen LogP contribution in [-0.4, -0.2) is 38.3 Å². The van der Waals surface area contributed by atoms with E-state index in [0.717, 1.165) is 19.3 Å². The van der Waals surface area contributed by atoms with Crippen molar-refractivity contribution in [1.82, 2.24) is 4.31 Å². The number of hydrogen-bond acceptors (Lipinski definition) is 5. The minimum atomic E-state index is -3.74. The Bertz CT molecular complexity index is 1090. The molecule has 0 saturated carbocycles. The van der Waals surface area contributed by atoms with Crippen LogP contribution >= 0.6 is 23.2 Å². The number of hydrogen-bond donors (Lipinski definition) is 1. The van der Waals surface area contributed by atoms with E-state index in [1.165, 1.54) is 40.7 Å². The Kier molecular flexibility index (Phi) is 7.21. The van der Waals surface area contributed by atoms with Gasteiger partial charge in [-0.2, -0.15) is 9.57 Å². The molecule has 0 aliphatic carbocycles. The lowest BCUT2D eigenvalue weighted by atomic mass is 10.2. The maximum Gasteiger partial charge on any atom is 0.262 e. The molecule has 0 unspecified atom stereocenters. The van der Waals surface area contributed by atoms with Gasteiger partial charge in [-0.25, -0.2) is 8.42 Å². The molecular weight excluding hydrogens is 449 g/mol. The third kappa shape index (κ3) is 5.24. The Morgan fingerprint density at radius 2 is 1.83 bits per heavy atom. The van der Waals surface area contributed by atoms with Gasteiger partial charge in [-0.05, 0) is 49.2 Å². The molecular formula is C20H19Cl2N3O4S. The molecule has 0 atom stereocenters. The van der Waals surface area contributed by atoms with Gasteiger partial charge in [0.05, 0.1) is 21.7 Å². The van der Waals surface area contributed by atoms with Crippen molar-refractivity contribution >= 4 is 44.8 Å². The van der Waals surface area contributed by atoms with Crippen molar-refractivity contribution in [2.24, 2.45) is 0 Å². The van der Waals surface area contributed by atoms with Gasteiger partial charge in [0.15, 0.2) is 6.61 Å². The van der Waals surface area contributed by atoms with Crippen molar-refractivity contribution in [3.8, 4) is 11.8 Å². The molecule has 1 aliphatic heterocycles. The van der Waals surface area contributed by atoms with E-state index in [2.05, 4.69) is 5.32 Å². The first-order valence-corrected chi connectivity index (χ1v) is 11.4. The summed E-state index contributed by atoms with van der Waals surface area (Å²) in [6.45, 7) is 0.561. The van der Waals surface area contributed by atoms with Crippen LogP contribution in [-0.2, 0) is 14.8 Å². The summed E-state index contributed by atoms with van der Waals surface area (Å²) in [5, 5.41) is 11.8. The average Bonchev–Trinajstić information content (AvgIpc) is 2.74. The number of nitriles is 1. The van der Waals surface area contributed by atoms with Crippen molar-refractivity contribution in [2.45, 2.75) is 24.2 Å². The highest BCUT2D eigenvalue weighted by atomic mass is 35.5. The maximum atomic E-state index is 12.9. The summed E-state index contributed by atoms with van der Waals surface area (Å²) >= 11 is 12.2. The minimum Gasteiger partial charge on any atom is -0.482 e. The highest BCUT2D eigenvalue weighted by Crippen LogP contribution is 2.29. The van der Waals surface area contributed by atoms with E-state index in [-0.39, 0.29) is 33.0 Å². The molecule has 1 saturated heterocycles. The first-order chi connectivity index (χ1) is 14.3. The first-order valence-electron chi connectivity index (χ1n) is 9.23. The normalized spacial score (nSPS) is 14.7. The van der Waals surface area contributed by atoms with Crippen LogP contribution in [0.3, 0.4) is 0 Å². The highest BCUT2D eigenvalue weighted by Gasteiger charge is 2.28. The lowest BCUT2D eigenvalue weighted by Crippen LogP contribution is -2.35. The van der Waals surface area contributed by atoms with Gasteiger partial charge in [0, 0.05) is 18.8 Å². The second-order valence-corrected chi connectivity index (χ2v) is 9.42. The molecule has 2 aromatic rings. The Balaban J connectivity index is 1.69. The number of nitrogens with one attached hydrogen (secondary N) is 1. The molecule has 30 heavy (non-hydrogen) atoms. The van der Waals surface area contributed by atoms with Gasteiger partial charge < -0.3 is 10.1 Å². The summed E-state index contributed by atoms with van der Waals surface area (Å²) in [6, 6.07) is 10.7. The average molecular weight is 468 g/mol. The number of carbonyl (C=O) groups is 1. The highest BCUT2D eigenvalue weighted by molar-refractivity contribution is 7.89. The first kappa shape index (κ1) is 22.4. The second kappa shape index (κ2) is 9.67. The predicted molar refractivity (Wildman–Crippen MR) is 114 cm³/mol. The number of amides is 1. The van der Waals surface area contributed by atoms with Crippen molar-refractivity contribution in [1.29, 1.82) is 5.26 Å². The molecule has 1 fully saturated rings. The van der Waals surface area contributed by atoms with E-state index in [1.807, 2.05) is 6.07 Å². The Hall–Kier alpha value is -2.31. The van der Waals surface area contributed by atoms with Gasteiger partial charge in [-0.1, -0.05) is 29.6 Å². The Morgan fingerprint density at radius 3 is 2.50 bits per heavy atom. The van der Waals surface area contributed by atoms with Gasteiger partial charge in [0.1, 0.15) is 10.6 Å². The van der Waals surface area contributed by atoms with Crippen molar-refractivity contribution in [3.05, 3.63) is 52.0 Å². The number of ether oxygens (including phenoxy) is 1. The maximum absolute atomic E-state index is 12.9. The van der Waals surface area contributed by atoms with E-state index in [1.54, 1.807) is 0 Å². The molecule has 1 N–H and O–H groups in total.